The van der Waals surface area contributed by atoms with Gasteiger partial charge in [0, 0.05) is 0 Å². The summed E-state index contributed by atoms with van der Waals surface area (Å²) in [5.41, 5.74) is 0. The first-order chi connectivity index (χ1) is 6.00. The molecule has 0 amide bonds. The zero-order valence-electron chi connectivity index (χ0n) is 8.97. The first kappa shape index (κ1) is 25.1. The van der Waals surface area contributed by atoms with Crippen molar-refractivity contribution >= 4 is 44.8 Å². The van der Waals surface area contributed by atoms with Crippen LogP contribution in [0.4, 0.5) is 51.8 Å². The van der Waals surface area contributed by atoms with E-state index in [4.69, 9.17) is 0 Å². The molecule has 0 aliphatic rings. The van der Waals surface area contributed by atoms with Crippen LogP contribution in [0.3, 0.4) is 0 Å². The van der Waals surface area contributed by atoms with Gasteiger partial charge >= 0.3 is 44.8 Å². The third kappa shape index (κ3) is 166000. The molecule has 0 aromatic rings. The molecule has 0 aromatic heterocycles. The van der Waals surface area contributed by atoms with Crippen molar-refractivity contribution in [2.24, 2.45) is 0 Å². The first-order valence-corrected chi connectivity index (χ1v) is 2.62. The third-order valence-electron chi connectivity index (χ3n) is 0. The molecule has 0 aromatic carbocycles. The molecule has 0 aliphatic carbocycles. The Morgan fingerprint density at radius 1 is 0.375 bits per heavy atom. The van der Waals surface area contributed by atoms with E-state index in [1.807, 2.05) is 0 Å². The minimum atomic E-state index is -6.00. The van der Waals surface area contributed by atoms with E-state index >= 15 is 0 Å². The molecule has 0 radical (unpaired) electrons. The maximum atomic E-state index is 9.75. The summed E-state index contributed by atoms with van der Waals surface area (Å²) in [7, 11) is -18.0. The van der Waals surface area contributed by atoms with E-state index < -0.39 is 21.8 Å². The van der Waals surface area contributed by atoms with Crippen molar-refractivity contribution < 1.29 is 54.6 Å². The van der Waals surface area contributed by atoms with Gasteiger partial charge < -0.3 is 54.6 Å². The molecule has 0 saturated heterocycles. The van der Waals surface area contributed by atoms with Gasteiger partial charge in [0.05, 0.1) is 0 Å². The van der Waals surface area contributed by atoms with Crippen LogP contribution in [0.15, 0.2) is 0 Å². The van der Waals surface area contributed by atoms with Crippen LogP contribution in [0, 0.1) is 0 Å². The van der Waals surface area contributed by atoms with Crippen molar-refractivity contribution in [3.05, 3.63) is 0 Å². The zero-order chi connectivity index (χ0) is 13.5. The molecule has 0 bridgehead atoms. The van der Waals surface area contributed by atoms with Gasteiger partial charge in [0.15, 0.2) is 0 Å². The molecule has 0 N–H and O–H groups in total. The Bertz CT molecular complexity index is 100. The molecular weight excluding hydrogens is 285 g/mol. The smallest absolute Gasteiger partial charge is 1.00 e. The van der Waals surface area contributed by atoms with Gasteiger partial charge in [-0.05, 0) is 0 Å². The molecule has 0 spiro atoms. The van der Waals surface area contributed by atoms with E-state index in [-0.39, 0.29) is 25.9 Å². The monoisotopic (exact) mass is 287 g/mol. The van der Waals surface area contributed by atoms with Crippen LogP contribution in [0.5, 0.6) is 0 Å². The average molecular weight is 287 g/mol. The number of halogens is 12. The Hall–Kier alpha value is 0.121. The fraction of sp³-hybridized carbons (Fsp3) is 0. The van der Waals surface area contributed by atoms with Crippen molar-refractivity contribution in [3.8, 4) is 0 Å². The van der Waals surface area contributed by atoms with Crippen LogP contribution < -0.4 is 0 Å². The summed E-state index contributed by atoms with van der Waals surface area (Å²) in [5, 5.41) is 0. The molecule has 0 atom stereocenters. The topological polar surface area (TPSA) is 0 Å². The summed E-state index contributed by atoms with van der Waals surface area (Å²) in [6.07, 6.45) is 0. The van der Waals surface area contributed by atoms with Gasteiger partial charge in [-0.3, -0.25) is 0 Å². The molecule has 0 rings (SSSR count). The Morgan fingerprint density at radius 2 is 0.375 bits per heavy atom. The molecule has 100 valence electrons. The van der Waals surface area contributed by atoms with Crippen molar-refractivity contribution in [2.45, 2.75) is 0 Å². The van der Waals surface area contributed by atoms with Crippen molar-refractivity contribution in [1.82, 2.24) is 0 Å². The molecule has 0 saturated carbocycles. The van der Waals surface area contributed by atoms with Gasteiger partial charge in [-0.1, -0.05) is 0 Å². The van der Waals surface area contributed by atoms with Gasteiger partial charge in [-0.15, -0.1) is 0 Å². The number of hydrogen-bond donors (Lipinski definition) is 0. The maximum Gasteiger partial charge on any atom is 2.00 e. The minimum Gasteiger partial charge on any atom is -1.00 e. The first-order valence-electron chi connectivity index (χ1n) is 2.62. The van der Waals surface area contributed by atoms with E-state index in [1.165, 1.54) is 0 Å². The van der Waals surface area contributed by atoms with E-state index in [0.29, 0.717) is 0 Å². The standard InChI is InChI=1S/3BF4.Mg.2H/c3*2-1(3,4)5;;;/q3*-1;+2;2*-1. The van der Waals surface area contributed by atoms with Gasteiger partial charge in [-0.25, -0.2) is 0 Å². The molecule has 0 heterocycles. The fourth-order valence-corrected chi connectivity index (χ4v) is 0. The molecular formula is H2B3F12Mg-3. The van der Waals surface area contributed by atoms with E-state index in [9.17, 15) is 51.8 Å². The van der Waals surface area contributed by atoms with Crippen molar-refractivity contribution in [2.75, 3.05) is 0 Å². The predicted octanol–water partition coefficient (Wildman–Crippen LogP) is 3.74. The summed E-state index contributed by atoms with van der Waals surface area (Å²) in [6, 6.07) is 0. The van der Waals surface area contributed by atoms with Crippen LogP contribution in [-0.2, 0) is 0 Å². The van der Waals surface area contributed by atoms with E-state index in [1.54, 1.807) is 0 Å². The molecule has 16 heteroatoms. The normalized spacial score (nSPS) is 11.2. The van der Waals surface area contributed by atoms with Crippen molar-refractivity contribution in [3.63, 3.8) is 0 Å². The van der Waals surface area contributed by atoms with Crippen LogP contribution in [0.25, 0.3) is 0 Å². The van der Waals surface area contributed by atoms with Gasteiger partial charge in [0.1, 0.15) is 0 Å². The molecule has 0 nitrogen and oxygen atoms in total. The van der Waals surface area contributed by atoms with Gasteiger partial charge in [0.2, 0.25) is 0 Å². The zero-order valence-corrected chi connectivity index (χ0v) is 8.39. The number of rotatable bonds is 0. The van der Waals surface area contributed by atoms with Gasteiger partial charge in [-0.2, -0.15) is 0 Å². The largest absolute Gasteiger partial charge is 2.00 e. The molecule has 0 unspecified atom stereocenters. The Morgan fingerprint density at radius 3 is 0.375 bits per heavy atom. The maximum absolute atomic E-state index is 9.75. The van der Waals surface area contributed by atoms with Crippen LogP contribution in [0.1, 0.15) is 2.85 Å². The Labute approximate surface area is 100 Å². The molecule has 0 aliphatic heterocycles. The van der Waals surface area contributed by atoms with Crippen LogP contribution in [0.2, 0.25) is 0 Å². The second kappa shape index (κ2) is 9.18. The van der Waals surface area contributed by atoms with Crippen LogP contribution in [-0.4, -0.2) is 44.8 Å². The second-order valence-corrected chi connectivity index (χ2v) is 1.48. The van der Waals surface area contributed by atoms with E-state index in [0.717, 1.165) is 0 Å². The quantitative estimate of drug-likeness (QED) is 0.470. The third-order valence-corrected chi connectivity index (χ3v) is 0. The van der Waals surface area contributed by atoms with Crippen LogP contribution >= 0.6 is 0 Å². The summed E-state index contributed by atoms with van der Waals surface area (Å²) in [6.45, 7) is 0. The Kier molecular flexibility index (Phi) is 14.4. The molecule has 16 heavy (non-hydrogen) atoms. The average Bonchev–Trinajstić information content (AvgIpc) is 1.41. The number of hydrogen-bond acceptors (Lipinski definition) is 0. The van der Waals surface area contributed by atoms with Gasteiger partial charge in [0.25, 0.3) is 0 Å². The van der Waals surface area contributed by atoms with Crippen molar-refractivity contribution in [1.29, 1.82) is 0 Å². The summed E-state index contributed by atoms with van der Waals surface area (Å²) in [5.74, 6) is 0. The summed E-state index contributed by atoms with van der Waals surface area (Å²) in [4.78, 5) is 0. The predicted molar refractivity (Wildman–Crippen MR) is 38.5 cm³/mol. The second-order valence-electron chi connectivity index (χ2n) is 1.48. The van der Waals surface area contributed by atoms with E-state index in [2.05, 4.69) is 0 Å². The Balaban J connectivity index is -0.0000000277. The summed E-state index contributed by atoms with van der Waals surface area (Å²) < 4.78 is 117. The SMILES string of the molecule is F[B-](F)(F)F.F[B-](F)(F)F.F[B-](F)(F)F.[H-].[H-].[Mg+2]. The summed E-state index contributed by atoms with van der Waals surface area (Å²) >= 11 is 0. The molecule has 0 fully saturated rings. The minimum absolute atomic E-state index is 0. The fourth-order valence-electron chi connectivity index (χ4n) is 0.